The van der Waals surface area contributed by atoms with Crippen LogP contribution in [-0.4, -0.2) is 79.6 Å². The number of halogens is 3. The molecule has 1 aromatic rings. The molecule has 0 spiro atoms. The zero-order chi connectivity index (χ0) is 22.8. The highest BCUT2D eigenvalue weighted by atomic mass is 19.4. The summed E-state index contributed by atoms with van der Waals surface area (Å²) in [5.41, 5.74) is 1.22. The molecule has 2 fully saturated rings. The molecule has 0 unspecified atom stereocenters. The number of ether oxygens (including phenoxy) is 3. The summed E-state index contributed by atoms with van der Waals surface area (Å²) in [6.45, 7) is 3.83. The predicted octanol–water partition coefficient (Wildman–Crippen LogP) is 1.97. The number of aliphatic carboxylic acids is 1. The molecule has 172 valence electrons. The van der Waals surface area contributed by atoms with Gasteiger partial charge in [0.2, 0.25) is 12.7 Å². The Bertz CT molecular complexity index is 817. The van der Waals surface area contributed by atoms with Gasteiger partial charge in [-0.3, -0.25) is 9.69 Å². The lowest BCUT2D eigenvalue weighted by atomic mass is 9.90. The lowest BCUT2D eigenvalue weighted by Gasteiger charge is -2.20. The smallest absolute Gasteiger partial charge is 0.475 e. The minimum atomic E-state index is -5.08. The molecule has 0 radical (unpaired) electrons. The van der Waals surface area contributed by atoms with Crippen molar-refractivity contribution in [3.8, 4) is 11.5 Å². The Morgan fingerprint density at radius 3 is 2.52 bits per heavy atom. The number of benzene rings is 1. The standard InChI is InChI=1S/C18H24N2O4.C2HF3O2/c1-19(2)18(21)6-13-10-22-17-9-20(8-14(13)17)7-12-3-4-15-16(5-12)24-11-23-15;3-2(4,5)1(6)7/h3-5,13-14,17H,6-11H2,1-2H3;(H,6,7)/t13-,14-,17-;/m1./s1. The maximum Gasteiger partial charge on any atom is 0.490 e. The van der Waals surface area contributed by atoms with Gasteiger partial charge in [-0.25, -0.2) is 4.79 Å². The summed E-state index contributed by atoms with van der Waals surface area (Å²) in [5, 5.41) is 7.12. The van der Waals surface area contributed by atoms with Crippen LogP contribution in [0.5, 0.6) is 11.5 Å². The molecule has 31 heavy (non-hydrogen) atoms. The average molecular weight is 446 g/mol. The topological polar surface area (TPSA) is 88.5 Å². The van der Waals surface area contributed by atoms with Crippen LogP contribution in [-0.2, 0) is 20.9 Å². The molecule has 1 amide bonds. The second-order valence-corrected chi connectivity index (χ2v) is 7.97. The Balaban J connectivity index is 0.000000339. The van der Waals surface area contributed by atoms with E-state index in [0.717, 1.165) is 31.1 Å². The van der Waals surface area contributed by atoms with E-state index in [1.165, 1.54) is 5.56 Å². The van der Waals surface area contributed by atoms with E-state index in [4.69, 9.17) is 24.1 Å². The Morgan fingerprint density at radius 1 is 1.19 bits per heavy atom. The van der Waals surface area contributed by atoms with Gasteiger partial charge in [0.15, 0.2) is 11.5 Å². The van der Waals surface area contributed by atoms with Gasteiger partial charge in [0.05, 0.1) is 12.7 Å². The SMILES string of the molecule is CN(C)C(=O)C[C@@H]1CO[C@@H]2CN(Cc3ccc4c(c3)OCO4)C[C@H]12.O=C(O)C(F)(F)F. The number of carbonyl (C=O) groups excluding carboxylic acids is 1. The molecule has 1 N–H and O–H groups in total. The highest BCUT2D eigenvalue weighted by Crippen LogP contribution is 2.37. The lowest BCUT2D eigenvalue weighted by Crippen LogP contribution is -2.29. The van der Waals surface area contributed by atoms with Crippen molar-refractivity contribution in [3.05, 3.63) is 23.8 Å². The van der Waals surface area contributed by atoms with Crippen molar-refractivity contribution in [2.75, 3.05) is 40.6 Å². The maximum atomic E-state index is 12.0. The quantitative estimate of drug-likeness (QED) is 0.757. The summed E-state index contributed by atoms with van der Waals surface area (Å²) in [5.74, 6) is -0.110. The molecule has 11 heteroatoms. The fraction of sp³-hybridized carbons (Fsp3) is 0.600. The molecule has 1 aromatic carbocycles. The second-order valence-electron chi connectivity index (χ2n) is 7.97. The molecule has 3 atom stereocenters. The predicted molar refractivity (Wildman–Crippen MR) is 102 cm³/mol. The summed E-state index contributed by atoms with van der Waals surface area (Å²) in [4.78, 5) is 25.0. The molecule has 3 aliphatic rings. The van der Waals surface area contributed by atoms with E-state index >= 15 is 0 Å². The Morgan fingerprint density at radius 2 is 1.87 bits per heavy atom. The molecule has 0 bridgehead atoms. The van der Waals surface area contributed by atoms with Gasteiger partial charge >= 0.3 is 12.1 Å². The molecular weight excluding hydrogens is 421 g/mol. The number of carboxylic acids is 1. The molecule has 3 aliphatic heterocycles. The zero-order valence-corrected chi connectivity index (χ0v) is 17.2. The summed E-state index contributed by atoms with van der Waals surface area (Å²) in [6.07, 6.45) is -4.23. The molecule has 0 saturated carbocycles. The van der Waals surface area contributed by atoms with Crippen molar-refractivity contribution in [2.45, 2.75) is 25.2 Å². The van der Waals surface area contributed by atoms with E-state index < -0.39 is 12.1 Å². The van der Waals surface area contributed by atoms with Crippen LogP contribution in [0.1, 0.15) is 12.0 Å². The van der Waals surface area contributed by atoms with Crippen LogP contribution in [0.4, 0.5) is 13.2 Å². The summed E-state index contributed by atoms with van der Waals surface area (Å²) in [6, 6.07) is 6.13. The van der Waals surface area contributed by atoms with E-state index in [9.17, 15) is 18.0 Å². The minimum absolute atomic E-state index is 0.193. The van der Waals surface area contributed by atoms with Gasteiger partial charge in [-0.1, -0.05) is 6.07 Å². The van der Waals surface area contributed by atoms with Gasteiger partial charge in [-0.15, -0.1) is 0 Å². The van der Waals surface area contributed by atoms with Crippen LogP contribution in [0.25, 0.3) is 0 Å². The van der Waals surface area contributed by atoms with E-state index in [0.29, 0.717) is 31.7 Å². The van der Waals surface area contributed by atoms with Gasteiger partial charge in [0, 0.05) is 46.1 Å². The summed E-state index contributed by atoms with van der Waals surface area (Å²) >= 11 is 0. The van der Waals surface area contributed by atoms with Gasteiger partial charge < -0.3 is 24.2 Å². The van der Waals surface area contributed by atoms with Crippen molar-refractivity contribution >= 4 is 11.9 Å². The van der Waals surface area contributed by atoms with Crippen molar-refractivity contribution in [1.29, 1.82) is 0 Å². The monoisotopic (exact) mass is 446 g/mol. The normalized spacial score (nSPS) is 24.4. The number of carbonyl (C=O) groups is 2. The minimum Gasteiger partial charge on any atom is -0.475 e. The highest BCUT2D eigenvalue weighted by Gasteiger charge is 2.44. The third kappa shape index (κ3) is 5.79. The molecule has 3 heterocycles. The number of hydrogen-bond acceptors (Lipinski definition) is 6. The first-order valence-electron chi connectivity index (χ1n) is 9.77. The fourth-order valence-electron chi connectivity index (χ4n) is 3.92. The Labute approximate surface area is 177 Å². The van der Waals surface area contributed by atoms with E-state index in [1.54, 1.807) is 4.90 Å². The second kappa shape index (κ2) is 9.31. The number of rotatable bonds is 4. The van der Waals surface area contributed by atoms with Crippen molar-refractivity contribution in [1.82, 2.24) is 9.80 Å². The number of likely N-dealkylation sites (tertiary alicyclic amines) is 1. The Kier molecular flexibility index (Phi) is 6.95. The number of alkyl halides is 3. The molecule has 4 rings (SSSR count). The van der Waals surface area contributed by atoms with Gasteiger partial charge in [0.25, 0.3) is 0 Å². The largest absolute Gasteiger partial charge is 0.490 e. The first-order valence-corrected chi connectivity index (χ1v) is 9.77. The number of amides is 1. The van der Waals surface area contributed by atoms with E-state index in [-0.39, 0.29) is 12.0 Å². The molecule has 0 aliphatic carbocycles. The Hall–Kier alpha value is -2.53. The molecular formula is C20H25F3N2O6. The highest BCUT2D eigenvalue weighted by molar-refractivity contribution is 5.75. The molecule has 2 saturated heterocycles. The third-order valence-electron chi connectivity index (χ3n) is 5.54. The van der Waals surface area contributed by atoms with Crippen LogP contribution < -0.4 is 9.47 Å². The summed E-state index contributed by atoms with van der Waals surface area (Å²) in [7, 11) is 3.63. The average Bonchev–Trinajstić information content (AvgIpc) is 3.38. The van der Waals surface area contributed by atoms with Gasteiger partial charge in [0.1, 0.15) is 0 Å². The molecule has 8 nitrogen and oxygen atoms in total. The lowest BCUT2D eigenvalue weighted by molar-refractivity contribution is -0.192. The number of fused-ring (bicyclic) bond motifs is 2. The molecule has 0 aromatic heterocycles. The zero-order valence-electron chi connectivity index (χ0n) is 17.2. The fourth-order valence-corrected chi connectivity index (χ4v) is 3.92. The van der Waals surface area contributed by atoms with Crippen LogP contribution in [0.3, 0.4) is 0 Å². The van der Waals surface area contributed by atoms with Crippen LogP contribution in [0.15, 0.2) is 18.2 Å². The van der Waals surface area contributed by atoms with Crippen LogP contribution in [0, 0.1) is 11.8 Å². The van der Waals surface area contributed by atoms with Crippen LogP contribution in [0.2, 0.25) is 0 Å². The van der Waals surface area contributed by atoms with Gasteiger partial charge in [-0.05, 0) is 23.6 Å². The van der Waals surface area contributed by atoms with E-state index in [2.05, 4.69) is 17.0 Å². The van der Waals surface area contributed by atoms with Crippen molar-refractivity contribution < 1.29 is 42.1 Å². The third-order valence-corrected chi connectivity index (χ3v) is 5.54. The number of nitrogens with zero attached hydrogens (tertiary/aromatic N) is 2. The summed E-state index contributed by atoms with van der Waals surface area (Å²) < 4.78 is 48.5. The van der Waals surface area contributed by atoms with Crippen LogP contribution >= 0.6 is 0 Å². The van der Waals surface area contributed by atoms with E-state index in [1.807, 2.05) is 20.2 Å². The number of hydrogen-bond donors (Lipinski definition) is 1. The van der Waals surface area contributed by atoms with Gasteiger partial charge in [-0.2, -0.15) is 13.2 Å². The van der Waals surface area contributed by atoms with Crippen molar-refractivity contribution in [2.24, 2.45) is 11.8 Å². The first-order chi connectivity index (χ1) is 14.5. The number of carboxylic acid groups (broad SMARTS) is 1. The first kappa shape index (κ1) is 23.1. The van der Waals surface area contributed by atoms with Crippen molar-refractivity contribution in [3.63, 3.8) is 0 Å². The maximum absolute atomic E-state index is 12.0.